The maximum Gasteiger partial charge on any atom is 0.453 e. The van der Waals surface area contributed by atoms with Crippen LogP contribution in [0.5, 0.6) is 0 Å². The highest BCUT2D eigenvalue weighted by atomic mass is 32.1. The van der Waals surface area contributed by atoms with E-state index < -0.39 is 12.0 Å². The van der Waals surface area contributed by atoms with E-state index >= 15 is 0 Å². The van der Waals surface area contributed by atoms with E-state index in [0.29, 0.717) is 23.3 Å². The van der Waals surface area contributed by atoms with Crippen molar-refractivity contribution in [3.8, 4) is 10.7 Å². The van der Waals surface area contributed by atoms with Crippen molar-refractivity contribution in [3.63, 3.8) is 0 Å². The number of halogens is 3. The van der Waals surface area contributed by atoms with Crippen LogP contribution in [0.3, 0.4) is 0 Å². The number of aromatic nitrogens is 7. The van der Waals surface area contributed by atoms with Gasteiger partial charge in [0.15, 0.2) is 5.01 Å². The molecule has 3 aromatic rings. The number of hydrogen-bond acceptors (Lipinski definition) is 7. The summed E-state index contributed by atoms with van der Waals surface area (Å²) in [5.41, 5.74) is 5.73. The second-order valence-corrected chi connectivity index (χ2v) is 4.73. The van der Waals surface area contributed by atoms with E-state index in [1.807, 2.05) is 0 Å². The van der Waals surface area contributed by atoms with Crippen molar-refractivity contribution in [2.75, 3.05) is 6.54 Å². The Morgan fingerprint density at radius 2 is 2.05 bits per heavy atom. The lowest BCUT2D eigenvalue weighted by Crippen LogP contribution is -2.11. The molecule has 0 aliphatic heterocycles. The third-order valence-corrected chi connectivity index (χ3v) is 3.28. The number of rotatable bonds is 3. The van der Waals surface area contributed by atoms with E-state index in [0.717, 1.165) is 11.3 Å². The minimum atomic E-state index is -4.61. The zero-order chi connectivity index (χ0) is 14.3. The van der Waals surface area contributed by atoms with E-state index in [9.17, 15) is 13.2 Å². The fourth-order valence-corrected chi connectivity index (χ4v) is 2.32. The van der Waals surface area contributed by atoms with Gasteiger partial charge in [0.25, 0.3) is 5.82 Å². The second kappa shape index (κ2) is 4.49. The molecule has 106 valence electrons. The molecule has 0 aliphatic carbocycles. The third kappa shape index (κ3) is 2.12. The molecule has 2 N–H and O–H groups in total. The Kier molecular flexibility index (Phi) is 2.90. The average molecular weight is 304 g/mol. The molecular weight excluding hydrogens is 297 g/mol. The largest absolute Gasteiger partial charge is 0.453 e. The molecule has 12 heteroatoms. The van der Waals surface area contributed by atoms with Crippen LogP contribution in [0.1, 0.15) is 5.82 Å². The highest BCUT2D eigenvalue weighted by molar-refractivity contribution is 7.19. The molecule has 3 rings (SSSR count). The Balaban J connectivity index is 2.02. The standard InChI is InChI=1S/C8H7F3N8S/c9-8(10,11)6-14-15-7-19(6)16-5(20-7)4-3-18(2-1-12)17-13-4/h3H,1-2,12H2. The second-order valence-electron chi connectivity index (χ2n) is 3.78. The molecule has 0 unspecified atom stereocenters. The Hall–Kier alpha value is -2.08. The summed E-state index contributed by atoms with van der Waals surface area (Å²) >= 11 is 0.950. The van der Waals surface area contributed by atoms with Crippen LogP contribution in [0.4, 0.5) is 13.2 Å². The highest BCUT2D eigenvalue weighted by Crippen LogP contribution is 2.30. The van der Waals surface area contributed by atoms with Crippen LogP contribution in [0.25, 0.3) is 15.7 Å². The molecule has 8 nitrogen and oxygen atoms in total. The van der Waals surface area contributed by atoms with Crippen molar-refractivity contribution in [2.45, 2.75) is 12.7 Å². The zero-order valence-corrected chi connectivity index (χ0v) is 10.6. The van der Waals surface area contributed by atoms with Gasteiger partial charge < -0.3 is 5.73 Å². The van der Waals surface area contributed by atoms with Crippen LogP contribution in [-0.2, 0) is 12.7 Å². The number of alkyl halides is 3. The fraction of sp³-hybridized carbons (Fsp3) is 0.375. The Morgan fingerprint density at radius 1 is 1.25 bits per heavy atom. The molecule has 0 aromatic carbocycles. The van der Waals surface area contributed by atoms with Gasteiger partial charge in [0.2, 0.25) is 4.96 Å². The predicted molar refractivity (Wildman–Crippen MR) is 61.7 cm³/mol. The van der Waals surface area contributed by atoms with E-state index in [4.69, 9.17) is 5.73 Å². The van der Waals surface area contributed by atoms with Crippen molar-refractivity contribution < 1.29 is 13.2 Å². The van der Waals surface area contributed by atoms with Crippen molar-refractivity contribution >= 4 is 16.3 Å². The van der Waals surface area contributed by atoms with Crippen molar-refractivity contribution in [2.24, 2.45) is 5.73 Å². The van der Waals surface area contributed by atoms with Crippen LogP contribution >= 0.6 is 11.3 Å². The molecule has 0 amide bonds. The monoisotopic (exact) mass is 304 g/mol. The fourth-order valence-electron chi connectivity index (χ4n) is 1.54. The minimum absolute atomic E-state index is 0.0423. The molecule has 0 atom stereocenters. The summed E-state index contributed by atoms with van der Waals surface area (Å²) in [5.74, 6) is -1.16. The lowest BCUT2D eigenvalue weighted by molar-refractivity contribution is -0.146. The molecular formula is C8H7F3N8S. The van der Waals surface area contributed by atoms with Crippen LogP contribution in [0.2, 0.25) is 0 Å². The Labute approximate surface area is 113 Å². The van der Waals surface area contributed by atoms with Gasteiger partial charge in [-0.15, -0.1) is 15.3 Å². The SMILES string of the molecule is NCCn1cc(-c2nn3c(C(F)(F)F)nnc3s2)nn1. The third-order valence-electron chi connectivity index (χ3n) is 2.36. The first-order valence-electron chi connectivity index (χ1n) is 5.39. The summed E-state index contributed by atoms with van der Waals surface area (Å²) in [7, 11) is 0. The quantitative estimate of drug-likeness (QED) is 0.753. The normalized spacial score (nSPS) is 12.4. The number of nitrogens with zero attached hydrogens (tertiary/aromatic N) is 7. The number of nitrogens with two attached hydrogens (primary N) is 1. The van der Waals surface area contributed by atoms with Crippen molar-refractivity contribution in [1.82, 2.24) is 34.8 Å². The summed E-state index contributed by atoms with van der Waals surface area (Å²) in [6.45, 7) is 0.844. The Bertz CT molecular complexity index is 740. The van der Waals surface area contributed by atoms with Crippen LogP contribution in [0.15, 0.2) is 6.20 Å². The smallest absolute Gasteiger partial charge is 0.329 e. The summed E-state index contributed by atoms with van der Waals surface area (Å²) in [4.78, 5) is 0.0423. The highest BCUT2D eigenvalue weighted by Gasteiger charge is 2.38. The van der Waals surface area contributed by atoms with Crippen molar-refractivity contribution in [3.05, 3.63) is 12.0 Å². The first-order chi connectivity index (χ1) is 9.49. The molecule has 0 aliphatic rings. The van der Waals surface area contributed by atoms with Gasteiger partial charge >= 0.3 is 6.18 Å². The van der Waals surface area contributed by atoms with E-state index in [-0.39, 0.29) is 9.97 Å². The van der Waals surface area contributed by atoms with Crippen molar-refractivity contribution in [1.29, 1.82) is 0 Å². The van der Waals surface area contributed by atoms with Gasteiger partial charge in [0.05, 0.1) is 12.7 Å². The van der Waals surface area contributed by atoms with Gasteiger partial charge in [0, 0.05) is 6.54 Å². The molecule has 0 spiro atoms. The van der Waals surface area contributed by atoms with Gasteiger partial charge in [-0.25, -0.2) is 0 Å². The topological polar surface area (TPSA) is 99.8 Å². The maximum absolute atomic E-state index is 12.7. The molecule has 0 radical (unpaired) electrons. The molecule has 0 bridgehead atoms. The molecule has 0 saturated heterocycles. The van der Waals surface area contributed by atoms with Crippen LogP contribution < -0.4 is 5.73 Å². The van der Waals surface area contributed by atoms with E-state index in [1.54, 1.807) is 6.20 Å². The molecule has 3 aromatic heterocycles. The van der Waals surface area contributed by atoms with Gasteiger partial charge in [-0.2, -0.15) is 22.8 Å². The first-order valence-corrected chi connectivity index (χ1v) is 6.20. The average Bonchev–Trinajstić information content (AvgIpc) is 2.98. The summed E-state index contributed by atoms with van der Waals surface area (Å²) in [6.07, 6.45) is -3.05. The molecule has 3 heterocycles. The molecule has 20 heavy (non-hydrogen) atoms. The van der Waals surface area contributed by atoms with Crippen LogP contribution in [0, 0.1) is 0 Å². The van der Waals surface area contributed by atoms with E-state index in [1.165, 1.54) is 4.68 Å². The van der Waals surface area contributed by atoms with Gasteiger partial charge in [-0.05, 0) is 0 Å². The molecule has 0 saturated carbocycles. The van der Waals surface area contributed by atoms with Gasteiger partial charge in [-0.3, -0.25) is 4.68 Å². The zero-order valence-electron chi connectivity index (χ0n) is 9.74. The lowest BCUT2D eigenvalue weighted by Gasteiger charge is -1.99. The molecule has 0 fully saturated rings. The number of fused-ring (bicyclic) bond motifs is 1. The predicted octanol–water partition coefficient (Wildman–Crippen LogP) is 0.422. The first kappa shape index (κ1) is 12.9. The Morgan fingerprint density at radius 3 is 2.75 bits per heavy atom. The maximum atomic E-state index is 12.7. The van der Waals surface area contributed by atoms with Gasteiger partial charge in [0.1, 0.15) is 5.69 Å². The number of hydrogen-bond donors (Lipinski definition) is 1. The van der Waals surface area contributed by atoms with Gasteiger partial charge in [-0.1, -0.05) is 16.6 Å². The minimum Gasteiger partial charge on any atom is -0.329 e. The van der Waals surface area contributed by atoms with E-state index in [2.05, 4.69) is 25.6 Å². The lowest BCUT2D eigenvalue weighted by atomic mass is 10.5. The van der Waals surface area contributed by atoms with Crippen LogP contribution in [-0.4, -0.2) is 41.4 Å². The summed E-state index contributed by atoms with van der Waals surface area (Å²) in [6, 6.07) is 0. The summed E-state index contributed by atoms with van der Waals surface area (Å²) in [5, 5.41) is 18.3. The summed E-state index contributed by atoms with van der Waals surface area (Å²) < 4.78 is 40.1.